The molecule has 5 rings (SSSR count). The summed E-state index contributed by atoms with van der Waals surface area (Å²) in [4.78, 5) is 15.5. The fourth-order valence-corrected chi connectivity index (χ4v) is 4.59. The molecule has 2 fully saturated rings. The van der Waals surface area contributed by atoms with Crippen molar-refractivity contribution in [2.75, 3.05) is 68.0 Å². The van der Waals surface area contributed by atoms with Gasteiger partial charge < -0.3 is 25.4 Å². The van der Waals surface area contributed by atoms with E-state index in [0.717, 1.165) is 50.6 Å². The highest BCUT2D eigenvalue weighted by molar-refractivity contribution is 5.74. The lowest BCUT2D eigenvalue weighted by molar-refractivity contribution is 0.00592. The van der Waals surface area contributed by atoms with E-state index in [-0.39, 0.29) is 5.75 Å². The standard InChI is InChI=1S/C27H29N9O2/c28-18-20-19-34(15-16-38-20)10-3-7-25-30-9-8-26(31-25)36-12-4-11-35(13-14-36)23-17-22(32-33-27(23)29)21-5-1-2-6-24(21)37/h1-2,5-6,8-9,17,20,37H,4,10-16,19H2,(H2,29,33). The molecule has 11 nitrogen and oxygen atoms in total. The molecule has 0 spiro atoms. The minimum Gasteiger partial charge on any atom is -0.507 e. The number of morpholine rings is 1. The predicted octanol–water partition coefficient (Wildman–Crippen LogP) is 1.51. The number of aromatic nitrogens is 4. The van der Waals surface area contributed by atoms with E-state index in [1.165, 1.54) is 0 Å². The smallest absolute Gasteiger partial charge is 0.206 e. The number of ether oxygens (including phenoxy) is 1. The van der Waals surface area contributed by atoms with Crippen LogP contribution < -0.4 is 15.5 Å². The molecule has 1 unspecified atom stereocenters. The van der Waals surface area contributed by atoms with Gasteiger partial charge in [0.05, 0.1) is 30.6 Å². The summed E-state index contributed by atoms with van der Waals surface area (Å²) < 4.78 is 5.38. The van der Waals surface area contributed by atoms with Crippen LogP contribution in [0, 0.1) is 23.2 Å². The summed E-state index contributed by atoms with van der Waals surface area (Å²) >= 11 is 0. The molecule has 2 saturated heterocycles. The lowest BCUT2D eigenvalue weighted by Gasteiger charge is -2.27. The molecule has 194 valence electrons. The van der Waals surface area contributed by atoms with Gasteiger partial charge in [-0.1, -0.05) is 18.1 Å². The highest BCUT2D eigenvalue weighted by Gasteiger charge is 2.21. The maximum Gasteiger partial charge on any atom is 0.206 e. The van der Waals surface area contributed by atoms with E-state index in [0.29, 0.717) is 42.6 Å². The average Bonchev–Trinajstić information content (AvgIpc) is 3.20. The fraction of sp³-hybridized carbons (Fsp3) is 0.370. The van der Waals surface area contributed by atoms with Gasteiger partial charge in [0.2, 0.25) is 5.82 Å². The Morgan fingerprint density at radius 2 is 1.92 bits per heavy atom. The van der Waals surface area contributed by atoms with Gasteiger partial charge in [-0.3, -0.25) is 4.90 Å². The number of anilines is 3. The van der Waals surface area contributed by atoms with Crippen molar-refractivity contribution in [2.45, 2.75) is 12.5 Å². The molecular weight excluding hydrogens is 482 g/mol. The van der Waals surface area contributed by atoms with Crippen molar-refractivity contribution in [3.63, 3.8) is 0 Å². The molecular formula is C27H29N9O2. The molecule has 0 amide bonds. The maximum atomic E-state index is 10.2. The van der Waals surface area contributed by atoms with Crippen LogP contribution in [0.15, 0.2) is 42.6 Å². The first-order valence-corrected chi connectivity index (χ1v) is 12.6. The van der Waals surface area contributed by atoms with Crippen molar-refractivity contribution >= 4 is 17.3 Å². The van der Waals surface area contributed by atoms with Gasteiger partial charge in [0.15, 0.2) is 11.9 Å². The van der Waals surface area contributed by atoms with Crippen LogP contribution >= 0.6 is 0 Å². The third-order valence-electron chi connectivity index (χ3n) is 6.58. The minimum atomic E-state index is -0.400. The molecule has 3 N–H and O–H groups in total. The largest absolute Gasteiger partial charge is 0.507 e. The molecule has 4 heterocycles. The van der Waals surface area contributed by atoms with E-state index in [9.17, 15) is 5.11 Å². The van der Waals surface area contributed by atoms with Gasteiger partial charge in [0, 0.05) is 51.0 Å². The average molecular weight is 512 g/mol. The number of nitriles is 1. The van der Waals surface area contributed by atoms with E-state index >= 15 is 0 Å². The van der Waals surface area contributed by atoms with Crippen LogP contribution in [-0.2, 0) is 4.74 Å². The highest BCUT2D eigenvalue weighted by Crippen LogP contribution is 2.31. The fourth-order valence-electron chi connectivity index (χ4n) is 4.59. The van der Waals surface area contributed by atoms with Gasteiger partial charge in [0.25, 0.3) is 0 Å². The minimum absolute atomic E-state index is 0.151. The number of nitrogens with two attached hydrogens (primary N) is 1. The van der Waals surface area contributed by atoms with Gasteiger partial charge in [-0.2, -0.15) is 5.26 Å². The number of phenolic OH excluding ortho intramolecular Hbond substituents is 1. The lowest BCUT2D eigenvalue weighted by atomic mass is 10.1. The van der Waals surface area contributed by atoms with Crippen molar-refractivity contribution in [2.24, 2.45) is 0 Å². The number of nitrogen functional groups attached to an aromatic ring is 1. The number of benzene rings is 1. The van der Waals surface area contributed by atoms with Crippen LogP contribution in [-0.4, -0.2) is 88.7 Å². The molecule has 38 heavy (non-hydrogen) atoms. The van der Waals surface area contributed by atoms with Crippen LogP contribution in [0.2, 0.25) is 0 Å². The normalized spacial score (nSPS) is 18.2. The molecule has 0 bridgehead atoms. The Morgan fingerprint density at radius 3 is 2.79 bits per heavy atom. The zero-order valence-corrected chi connectivity index (χ0v) is 21.0. The van der Waals surface area contributed by atoms with E-state index in [1.54, 1.807) is 18.3 Å². The molecule has 0 aliphatic carbocycles. The second kappa shape index (κ2) is 11.7. The summed E-state index contributed by atoms with van der Waals surface area (Å²) in [5, 5.41) is 27.7. The summed E-state index contributed by atoms with van der Waals surface area (Å²) in [5.41, 5.74) is 8.21. The van der Waals surface area contributed by atoms with Gasteiger partial charge in [-0.25, -0.2) is 9.97 Å². The SMILES string of the molecule is N#CC1CN(CC#Cc2nccc(N3CCCN(c4cc(-c5ccccc5O)nnc4N)CC3)n2)CCO1. The van der Waals surface area contributed by atoms with Gasteiger partial charge in [-0.15, -0.1) is 10.2 Å². The monoisotopic (exact) mass is 511 g/mol. The van der Waals surface area contributed by atoms with E-state index < -0.39 is 6.10 Å². The van der Waals surface area contributed by atoms with Crippen molar-refractivity contribution in [1.29, 1.82) is 5.26 Å². The molecule has 1 aromatic carbocycles. The quantitative estimate of drug-likeness (QED) is 0.493. The highest BCUT2D eigenvalue weighted by atomic mass is 16.5. The summed E-state index contributed by atoms with van der Waals surface area (Å²) in [6.07, 6.45) is 2.23. The van der Waals surface area contributed by atoms with Crippen molar-refractivity contribution in [3.8, 4) is 34.9 Å². The lowest BCUT2D eigenvalue weighted by Crippen LogP contribution is -2.41. The van der Waals surface area contributed by atoms with Crippen molar-refractivity contribution in [1.82, 2.24) is 25.1 Å². The van der Waals surface area contributed by atoms with Crippen molar-refractivity contribution in [3.05, 3.63) is 48.4 Å². The van der Waals surface area contributed by atoms with Crippen LogP contribution in [0.25, 0.3) is 11.3 Å². The first-order chi connectivity index (χ1) is 18.6. The van der Waals surface area contributed by atoms with E-state index in [1.807, 2.05) is 24.3 Å². The Morgan fingerprint density at radius 1 is 1.08 bits per heavy atom. The van der Waals surface area contributed by atoms with E-state index in [2.05, 4.69) is 52.8 Å². The molecule has 1 atom stereocenters. The zero-order valence-electron chi connectivity index (χ0n) is 21.0. The number of rotatable bonds is 4. The molecule has 2 aliphatic rings. The first kappa shape index (κ1) is 25.2. The van der Waals surface area contributed by atoms with Crippen LogP contribution in [0.1, 0.15) is 12.2 Å². The van der Waals surface area contributed by atoms with Gasteiger partial charge >= 0.3 is 0 Å². The Labute approximate surface area is 221 Å². The second-order valence-corrected chi connectivity index (χ2v) is 9.11. The number of nitrogens with zero attached hydrogens (tertiary/aromatic N) is 8. The molecule has 3 aromatic rings. The Kier molecular flexibility index (Phi) is 7.78. The summed E-state index contributed by atoms with van der Waals surface area (Å²) in [6.45, 7) is 5.47. The summed E-state index contributed by atoms with van der Waals surface area (Å²) in [6, 6.07) is 13.0. The molecule has 2 aromatic heterocycles. The number of phenols is 1. The van der Waals surface area contributed by atoms with Crippen LogP contribution in [0.3, 0.4) is 0 Å². The number of aromatic hydroxyl groups is 1. The molecule has 0 saturated carbocycles. The Balaban J connectivity index is 1.25. The molecule has 11 heteroatoms. The number of hydrogen-bond donors (Lipinski definition) is 2. The predicted molar refractivity (Wildman–Crippen MR) is 143 cm³/mol. The number of para-hydroxylation sites is 1. The molecule has 2 aliphatic heterocycles. The maximum absolute atomic E-state index is 10.2. The van der Waals surface area contributed by atoms with Crippen LogP contribution in [0.4, 0.5) is 17.3 Å². The summed E-state index contributed by atoms with van der Waals surface area (Å²) in [7, 11) is 0. The van der Waals surface area contributed by atoms with Crippen LogP contribution in [0.5, 0.6) is 5.75 Å². The van der Waals surface area contributed by atoms with E-state index in [4.69, 9.17) is 15.7 Å². The first-order valence-electron chi connectivity index (χ1n) is 12.6. The second-order valence-electron chi connectivity index (χ2n) is 9.11. The van der Waals surface area contributed by atoms with Crippen molar-refractivity contribution < 1.29 is 9.84 Å². The Hall–Kier alpha value is -4.45. The summed E-state index contributed by atoms with van der Waals surface area (Å²) in [5.74, 6) is 8.01. The van der Waals surface area contributed by atoms with Gasteiger partial charge in [0.1, 0.15) is 11.6 Å². The third-order valence-corrected chi connectivity index (χ3v) is 6.58. The number of hydrogen-bond acceptors (Lipinski definition) is 11. The van der Waals surface area contributed by atoms with Gasteiger partial charge in [-0.05, 0) is 36.6 Å². The zero-order chi connectivity index (χ0) is 26.3. The Bertz CT molecular complexity index is 1380. The topological polar surface area (TPSA) is 141 Å². The molecule has 0 radical (unpaired) electrons. The third kappa shape index (κ3) is 5.92.